The van der Waals surface area contributed by atoms with E-state index in [0.29, 0.717) is 21.0 Å². The van der Waals surface area contributed by atoms with Crippen molar-refractivity contribution >= 4 is 40.1 Å². The average Bonchev–Trinajstić information content (AvgIpc) is 2.56. The van der Waals surface area contributed by atoms with Gasteiger partial charge in [0.25, 0.3) is 5.91 Å². The number of hydrogen-bond acceptors (Lipinski definition) is 3. The second-order valence-corrected chi connectivity index (χ2v) is 6.17. The summed E-state index contributed by atoms with van der Waals surface area (Å²) in [4.78, 5) is 24.4. The number of carbonyl (C=O) groups is 1. The highest BCUT2D eigenvalue weighted by Crippen LogP contribution is 2.25. The molecule has 6 heteroatoms. The Kier molecular flexibility index (Phi) is 4.60. The first-order valence-corrected chi connectivity index (χ1v) is 8.00. The van der Waals surface area contributed by atoms with Gasteiger partial charge in [-0.05, 0) is 36.8 Å². The lowest BCUT2D eigenvalue weighted by molar-refractivity contribution is 0.0936. The van der Waals surface area contributed by atoms with Crippen molar-refractivity contribution < 1.29 is 9.21 Å². The molecule has 1 heterocycles. The van der Waals surface area contributed by atoms with Crippen LogP contribution in [-0.2, 0) is 0 Å². The highest BCUT2D eigenvalue weighted by Gasteiger charge is 2.17. The number of benzene rings is 2. The third-order valence-electron chi connectivity index (χ3n) is 3.68. The van der Waals surface area contributed by atoms with Crippen LogP contribution in [-0.4, -0.2) is 5.91 Å². The summed E-state index contributed by atoms with van der Waals surface area (Å²) in [5.41, 5.74) is 0.507. The molecule has 1 unspecified atom stereocenters. The molecule has 0 aliphatic rings. The summed E-state index contributed by atoms with van der Waals surface area (Å²) in [6, 6.07) is 13.3. The molecule has 0 spiro atoms. The number of hydrogen-bond donors (Lipinski definition) is 1. The first-order valence-electron chi connectivity index (χ1n) is 7.24. The lowest BCUT2D eigenvalue weighted by Gasteiger charge is -2.14. The van der Waals surface area contributed by atoms with Crippen LogP contribution < -0.4 is 10.9 Å². The van der Waals surface area contributed by atoms with Gasteiger partial charge in [-0.3, -0.25) is 4.79 Å². The van der Waals surface area contributed by atoms with Crippen molar-refractivity contribution in [1.82, 2.24) is 5.32 Å². The molecular weight excluding hydrogens is 349 g/mol. The molecule has 0 fully saturated rings. The Labute approximate surface area is 148 Å². The molecule has 24 heavy (non-hydrogen) atoms. The Hall–Kier alpha value is -2.30. The molecule has 0 saturated carbocycles. The first-order chi connectivity index (χ1) is 11.5. The minimum atomic E-state index is -0.674. The van der Waals surface area contributed by atoms with Crippen molar-refractivity contribution in [3.63, 3.8) is 0 Å². The van der Waals surface area contributed by atoms with Crippen molar-refractivity contribution in [3.05, 3.63) is 80.1 Å². The van der Waals surface area contributed by atoms with E-state index in [0.717, 1.165) is 5.56 Å². The Bertz CT molecular complexity index is 981. The van der Waals surface area contributed by atoms with Gasteiger partial charge in [-0.15, -0.1) is 0 Å². The molecule has 1 atom stereocenters. The van der Waals surface area contributed by atoms with Crippen LogP contribution in [0, 0.1) is 0 Å². The molecule has 0 aliphatic heterocycles. The van der Waals surface area contributed by atoms with Gasteiger partial charge in [0.15, 0.2) is 0 Å². The Morgan fingerprint density at radius 3 is 2.58 bits per heavy atom. The van der Waals surface area contributed by atoms with Gasteiger partial charge in [0.2, 0.25) is 0 Å². The maximum absolute atomic E-state index is 12.4. The van der Waals surface area contributed by atoms with E-state index in [9.17, 15) is 9.59 Å². The van der Waals surface area contributed by atoms with E-state index in [4.69, 9.17) is 27.6 Å². The Morgan fingerprint density at radius 1 is 1.08 bits per heavy atom. The van der Waals surface area contributed by atoms with Gasteiger partial charge in [0.05, 0.1) is 16.1 Å². The molecule has 0 radical (unpaired) electrons. The van der Waals surface area contributed by atoms with Crippen molar-refractivity contribution in [3.8, 4) is 0 Å². The van der Waals surface area contributed by atoms with Crippen LogP contribution in [0.2, 0.25) is 10.0 Å². The summed E-state index contributed by atoms with van der Waals surface area (Å²) in [5.74, 6) is -0.506. The van der Waals surface area contributed by atoms with Gasteiger partial charge in [-0.2, -0.15) is 0 Å². The van der Waals surface area contributed by atoms with E-state index in [1.807, 2.05) is 6.07 Å². The summed E-state index contributed by atoms with van der Waals surface area (Å²) in [6.45, 7) is 1.79. The van der Waals surface area contributed by atoms with Crippen LogP contribution >= 0.6 is 23.2 Å². The Balaban J connectivity index is 1.87. The zero-order chi connectivity index (χ0) is 17.3. The van der Waals surface area contributed by atoms with Crippen molar-refractivity contribution in [2.24, 2.45) is 0 Å². The molecule has 122 valence electrons. The maximum Gasteiger partial charge on any atom is 0.349 e. The van der Waals surface area contributed by atoms with Crippen molar-refractivity contribution in [2.45, 2.75) is 13.0 Å². The number of amides is 1. The van der Waals surface area contributed by atoms with E-state index in [-0.39, 0.29) is 11.6 Å². The minimum Gasteiger partial charge on any atom is -0.422 e. The summed E-state index contributed by atoms with van der Waals surface area (Å²) in [6.07, 6.45) is 0. The van der Waals surface area contributed by atoms with E-state index >= 15 is 0 Å². The molecule has 0 aliphatic carbocycles. The molecule has 1 amide bonds. The third-order valence-corrected chi connectivity index (χ3v) is 4.42. The number of fused-ring (bicyclic) bond motifs is 1. The molecule has 2 aromatic carbocycles. The summed E-state index contributed by atoms with van der Waals surface area (Å²) >= 11 is 11.9. The van der Waals surface area contributed by atoms with Crippen LogP contribution in [0.3, 0.4) is 0 Å². The number of rotatable bonds is 3. The number of halogens is 2. The van der Waals surface area contributed by atoms with Gasteiger partial charge >= 0.3 is 5.63 Å². The van der Waals surface area contributed by atoms with Crippen molar-refractivity contribution in [1.29, 1.82) is 0 Å². The van der Waals surface area contributed by atoms with E-state index in [1.54, 1.807) is 43.3 Å². The van der Waals surface area contributed by atoms with Gasteiger partial charge in [0, 0.05) is 5.39 Å². The largest absolute Gasteiger partial charge is 0.422 e. The number of nitrogens with one attached hydrogen (secondary N) is 1. The summed E-state index contributed by atoms with van der Waals surface area (Å²) < 4.78 is 5.18. The zero-order valence-corrected chi connectivity index (χ0v) is 14.2. The fourth-order valence-corrected chi connectivity index (χ4v) is 2.67. The first kappa shape index (κ1) is 16.6. The predicted molar refractivity (Wildman–Crippen MR) is 94.8 cm³/mol. The molecule has 0 saturated heterocycles. The minimum absolute atomic E-state index is 0.0411. The van der Waals surface area contributed by atoms with Crippen LogP contribution in [0.1, 0.15) is 28.9 Å². The average molecular weight is 362 g/mol. The Morgan fingerprint density at radius 2 is 1.83 bits per heavy atom. The molecular formula is C18H13Cl2NO3. The van der Waals surface area contributed by atoms with Crippen LogP contribution in [0.5, 0.6) is 0 Å². The van der Waals surface area contributed by atoms with Gasteiger partial charge in [0.1, 0.15) is 11.1 Å². The summed E-state index contributed by atoms with van der Waals surface area (Å²) in [7, 11) is 0. The lowest BCUT2D eigenvalue weighted by atomic mass is 10.1. The fraction of sp³-hybridized carbons (Fsp3) is 0.111. The maximum atomic E-state index is 12.4. The molecule has 0 bridgehead atoms. The summed E-state index contributed by atoms with van der Waals surface area (Å²) in [5, 5.41) is 4.29. The topological polar surface area (TPSA) is 59.3 Å². The second-order valence-electron chi connectivity index (χ2n) is 5.35. The van der Waals surface area contributed by atoms with E-state index in [2.05, 4.69) is 5.32 Å². The molecule has 4 nitrogen and oxygen atoms in total. The smallest absolute Gasteiger partial charge is 0.349 e. The van der Waals surface area contributed by atoms with E-state index in [1.165, 1.54) is 6.07 Å². The van der Waals surface area contributed by atoms with E-state index < -0.39 is 11.5 Å². The predicted octanol–water partition coefficient (Wildman–Crippen LogP) is 4.59. The highest BCUT2D eigenvalue weighted by atomic mass is 35.5. The van der Waals surface area contributed by atoms with Crippen molar-refractivity contribution in [2.75, 3.05) is 0 Å². The molecule has 3 aromatic rings. The number of para-hydroxylation sites is 1. The SMILES string of the molecule is CC(NC(=O)c1cc2ccccc2oc1=O)c1ccc(Cl)c(Cl)c1. The van der Waals surface area contributed by atoms with Crippen LogP contribution in [0.15, 0.2) is 57.7 Å². The molecule has 1 aromatic heterocycles. The zero-order valence-electron chi connectivity index (χ0n) is 12.7. The van der Waals surface area contributed by atoms with Gasteiger partial charge in [-0.1, -0.05) is 47.5 Å². The van der Waals surface area contributed by atoms with Gasteiger partial charge in [-0.25, -0.2) is 4.79 Å². The molecule has 3 rings (SSSR count). The third kappa shape index (κ3) is 3.30. The highest BCUT2D eigenvalue weighted by molar-refractivity contribution is 6.42. The normalized spacial score (nSPS) is 12.1. The monoisotopic (exact) mass is 361 g/mol. The molecule has 1 N–H and O–H groups in total. The lowest BCUT2D eigenvalue weighted by Crippen LogP contribution is -2.30. The second kappa shape index (κ2) is 6.67. The van der Waals surface area contributed by atoms with Crippen LogP contribution in [0.4, 0.5) is 0 Å². The standard InChI is InChI=1S/C18H13Cl2NO3/c1-10(11-6-7-14(19)15(20)9-11)21-17(22)13-8-12-4-2-3-5-16(12)24-18(13)23/h2-10H,1H3,(H,21,22). The van der Waals surface area contributed by atoms with Gasteiger partial charge < -0.3 is 9.73 Å². The van der Waals surface area contributed by atoms with Crippen LogP contribution in [0.25, 0.3) is 11.0 Å². The fourth-order valence-electron chi connectivity index (χ4n) is 2.36. The quantitative estimate of drug-likeness (QED) is 0.694. The number of carbonyl (C=O) groups excluding carboxylic acids is 1.